The number of methoxy groups -OCH3 is 1. The van der Waals surface area contributed by atoms with E-state index in [0.29, 0.717) is 24.3 Å². The van der Waals surface area contributed by atoms with Crippen molar-refractivity contribution < 1.29 is 18.1 Å². The van der Waals surface area contributed by atoms with Gasteiger partial charge in [0.15, 0.2) is 0 Å². The maximum atomic E-state index is 14.5. The number of nitrogens with one attached hydrogen (secondary N) is 1. The summed E-state index contributed by atoms with van der Waals surface area (Å²) in [5.41, 5.74) is 6.96. The molecule has 0 fully saturated rings. The molecule has 1 aromatic carbocycles. The second-order valence-electron chi connectivity index (χ2n) is 6.62. The van der Waals surface area contributed by atoms with Crippen LogP contribution in [-0.2, 0) is 15.5 Å². The number of ether oxygens (including phenoxy) is 1. The topological polar surface area (TPSA) is 130 Å². The Hall–Kier alpha value is -3.16. The van der Waals surface area contributed by atoms with E-state index in [1.54, 1.807) is 7.11 Å². The van der Waals surface area contributed by atoms with Crippen LogP contribution >= 0.6 is 0 Å². The number of carbonyl (C=O) groups is 1. The zero-order valence-corrected chi connectivity index (χ0v) is 17.0. The second-order valence-corrected chi connectivity index (χ2v) is 8.29. The Morgan fingerprint density at radius 2 is 2.23 bits per heavy atom. The highest BCUT2D eigenvalue weighted by atomic mass is 32.2. The van der Waals surface area contributed by atoms with E-state index in [-0.39, 0.29) is 22.8 Å². The van der Waals surface area contributed by atoms with Crippen molar-refractivity contribution in [1.29, 1.82) is 5.26 Å². The fourth-order valence-electron chi connectivity index (χ4n) is 3.04. The summed E-state index contributed by atoms with van der Waals surface area (Å²) in [6, 6.07) is 8.19. The number of hydrogen-bond donors (Lipinski definition) is 2. The number of hydrogen-bond acceptors (Lipinski definition) is 7. The third kappa shape index (κ3) is 4.87. The predicted molar refractivity (Wildman–Crippen MR) is 111 cm³/mol. The van der Waals surface area contributed by atoms with Gasteiger partial charge in [-0.05, 0) is 36.8 Å². The predicted octanol–water partition coefficient (Wildman–Crippen LogP) is 1.91. The van der Waals surface area contributed by atoms with Crippen molar-refractivity contribution in [3.63, 3.8) is 0 Å². The molecule has 0 saturated carbocycles. The first-order valence-electron chi connectivity index (χ1n) is 9.09. The van der Waals surface area contributed by atoms with Gasteiger partial charge in [0.2, 0.25) is 0 Å². The van der Waals surface area contributed by atoms with E-state index in [4.69, 9.17) is 15.7 Å². The van der Waals surface area contributed by atoms with Crippen LogP contribution in [0.1, 0.15) is 34.1 Å². The van der Waals surface area contributed by atoms with Crippen molar-refractivity contribution in [3.05, 3.63) is 59.2 Å². The third-order valence-electron chi connectivity index (χ3n) is 4.60. The van der Waals surface area contributed by atoms with Gasteiger partial charge >= 0.3 is 0 Å². The van der Waals surface area contributed by atoms with Crippen molar-refractivity contribution in [1.82, 2.24) is 4.98 Å². The number of amides is 1. The molecule has 3 N–H and O–H groups in total. The van der Waals surface area contributed by atoms with Crippen LogP contribution in [0.2, 0.25) is 0 Å². The number of nitrogens with two attached hydrogens (primary N) is 1. The number of aliphatic imine (C=N–C) groups is 1. The molecule has 3 atom stereocenters. The minimum absolute atomic E-state index is 0.113. The van der Waals surface area contributed by atoms with Gasteiger partial charge in [0.05, 0.1) is 22.6 Å². The number of carbonyl (C=O) groups excluding carboxylic acids is 1. The third-order valence-corrected chi connectivity index (χ3v) is 6.35. The van der Waals surface area contributed by atoms with Crippen molar-refractivity contribution in [3.8, 4) is 6.07 Å². The minimum atomic E-state index is -1.32. The van der Waals surface area contributed by atoms with Crippen molar-refractivity contribution in [2.24, 2.45) is 10.7 Å². The highest BCUT2D eigenvalue weighted by molar-refractivity contribution is 7.86. The second kappa shape index (κ2) is 9.56. The minimum Gasteiger partial charge on any atom is -0.386 e. The standard InChI is InChI=1S/C20H20FN5O3S/c1-29-7-6-18-19(23)26-17(11-30(18)28)14-8-13(3-4-15(14)21)25-20(27)16-5-2-12(9-22)10-24-16/h2-5,8,10,17-18H,6-7,11H2,1H3,(H2,23,26)(H,25,27)/t17?,18-,30?/m1/s1. The number of nitrogens with zero attached hydrogens (tertiary/aromatic N) is 3. The average molecular weight is 429 g/mol. The molecule has 30 heavy (non-hydrogen) atoms. The van der Waals surface area contributed by atoms with Crippen molar-refractivity contribution >= 4 is 28.2 Å². The summed E-state index contributed by atoms with van der Waals surface area (Å²) in [7, 11) is 0.221. The van der Waals surface area contributed by atoms with Gasteiger partial charge in [0.1, 0.15) is 23.4 Å². The molecule has 0 bridgehead atoms. The Morgan fingerprint density at radius 3 is 2.87 bits per heavy atom. The Morgan fingerprint density at radius 1 is 1.43 bits per heavy atom. The zero-order chi connectivity index (χ0) is 21.7. The number of nitriles is 1. The molecular formula is C20H20FN5O3S. The van der Waals surface area contributed by atoms with Crippen LogP contribution in [0.15, 0.2) is 41.5 Å². The molecule has 2 unspecified atom stereocenters. The Bertz CT molecular complexity index is 1040. The van der Waals surface area contributed by atoms with Crippen LogP contribution in [0.3, 0.4) is 0 Å². The number of halogens is 1. The van der Waals surface area contributed by atoms with Crippen LogP contribution in [0, 0.1) is 17.1 Å². The molecule has 1 aliphatic rings. The first kappa shape index (κ1) is 21.5. The fraction of sp³-hybridized carbons (Fsp3) is 0.300. The largest absolute Gasteiger partial charge is 0.386 e. The van der Waals surface area contributed by atoms with E-state index in [1.165, 1.54) is 36.5 Å². The lowest BCUT2D eigenvalue weighted by molar-refractivity contribution is 0.102. The number of rotatable bonds is 6. The lowest BCUT2D eigenvalue weighted by atomic mass is 10.1. The summed E-state index contributed by atoms with van der Waals surface area (Å²) in [5, 5.41) is 11.0. The number of benzene rings is 1. The van der Waals surface area contributed by atoms with E-state index in [9.17, 15) is 13.4 Å². The fourth-order valence-corrected chi connectivity index (χ4v) is 4.52. The van der Waals surface area contributed by atoms with Gasteiger partial charge in [0.25, 0.3) is 5.91 Å². The molecule has 2 heterocycles. The summed E-state index contributed by atoms with van der Waals surface area (Å²) in [5.74, 6) is -0.705. The van der Waals surface area contributed by atoms with Crippen LogP contribution < -0.4 is 11.1 Å². The normalized spacial score (nSPS) is 20.8. The van der Waals surface area contributed by atoms with Crippen LogP contribution in [0.4, 0.5) is 10.1 Å². The van der Waals surface area contributed by atoms with E-state index in [0.717, 1.165) is 0 Å². The molecule has 1 aliphatic heterocycles. The van der Waals surface area contributed by atoms with Gasteiger partial charge in [-0.3, -0.25) is 14.0 Å². The molecule has 10 heteroatoms. The van der Waals surface area contributed by atoms with Crippen LogP contribution in [-0.4, -0.2) is 45.7 Å². The van der Waals surface area contributed by atoms with Gasteiger partial charge < -0.3 is 15.8 Å². The monoisotopic (exact) mass is 429 g/mol. The summed E-state index contributed by atoms with van der Waals surface area (Å²) < 4.78 is 32.1. The van der Waals surface area contributed by atoms with Gasteiger partial charge in [0, 0.05) is 42.0 Å². The highest BCUT2D eigenvalue weighted by Gasteiger charge is 2.31. The van der Waals surface area contributed by atoms with Crippen LogP contribution in [0.5, 0.6) is 0 Å². The summed E-state index contributed by atoms with van der Waals surface area (Å²) >= 11 is 0. The maximum absolute atomic E-state index is 14.5. The Labute approximate surface area is 175 Å². The Balaban J connectivity index is 1.80. The maximum Gasteiger partial charge on any atom is 0.274 e. The molecule has 0 aliphatic carbocycles. The quantitative estimate of drug-likeness (QED) is 0.721. The number of anilines is 1. The van der Waals surface area contributed by atoms with E-state index in [1.807, 2.05) is 6.07 Å². The Kier molecular flexibility index (Phi) is 6.87. The molecule has 2 aromatic rings. The summed E-state index contributed by atoms with van der Waals surface area (Å²) in [4.78, 5) is 20.7. The van der Waals surface area contributed by atoms with Gasteiger partial charge in [-0.25, -0.2) is 9.37 Å². The highest BCUT2D eigenvalue weighted by Crippen LogP contribution is 2.29. The van der Waals surface area contributed by atoms with E-state index >= 15 is 0 Å². The van der Waals surface area contributed by atoms with Crippen LogP contribution in [0.25, 0.3) is 0 Å². The average Bonchev–Trinajstić information content (AvgIpc) is 2.74. The number of amidine groups is 1. The number of pyridine rings is 1. The van der Waals surface area contributed by atoms with Gasteiger partial charge in [-0.1, -0.05) is 0 Å². The molecule has 3 rings (SSSR count). The first-order chi connectivity index (χ1) is 14.4. The molecule has 8 nitrogen and oxygen atoms in total. The molecule has 0 spiro atoms. The van der Waals surface area contributed by atoms with Crippen molar-refractivity contribution in [2.75, 3.05) is 24.8 Å². The first-order valence-corrected chi connectivity index (χ1v) is 10.5. The summed E-state index contributed by atoms with van der Waals surface area (Å²) in [6.07, 6.45) is 1.77. The molecule has 156 valence electrons. The molecule has 1 aromatic heterocycles. The molecule has 0 saturated heterocycles. The zero-order valence-electron chi connectivity index (χ0n) is 16.2. The van der Waals surface area contributed by atoms with E-state index < -0.39 is 33.8 Å². The number of aromatic nitrogens is 1. The van der Waals surface area contributed by atoms with Crippen molar-refractivity contribution in [2.45, 2.75) is 17.7 Å². The lowest BCUT2D eigenvalue weighted by Gasteiger charge is -2.26. The lowest BCUT2D eigenvalue weighted by Crippen LogP contribution is -2.40. The van der Waals surface area contributed by atoms with Gasteiger partial charge in [-0.2, -0.15) is 5.26 Å². The molecule has 0 radical (unpaired) electrons. The SMILES string of the molecule is COCC[C@@H]1C(N)=NC(c2cc(NC(=O)c3ccc(C#N)cn3)ccc2F)CS1=O. The molecular weight excluding hydrogens is 409 g/mol. The smallest absolute Gasteiger partial charge is 0.274 e. The van der Waals surface area contributed by atoms with E-state index in [2.05, 4.69) is 15.3 Å². The molecule has 1 amide bonds. The van der Waals surface area contributed by atoms with Gasteiger partial charge in [-0.15, -0.1) is 0 Å². The summed E-state index contributed by atoms with van der Waals surface area (Å²) in [6.45, 7) is 0.399.